The van der Waals surface area contributed by atoms with Crippen LogP contribution in [0.2, 0.25) is 0 Å². The number of ketones is 1. The number of benzene rings is 2. The summed E-state index contributed by atoms with van der Waals surface area (Å²) in [5, 5.41) is 11.3. The number of aliphatic hydroxyl groups excluding tert-OH is 1. The normalized spacial score (nSPS) is 17.2. The highest BCUT2D eigenvalue weighted by Crippen LogP contribution is 2.41. The summed E-state index contributed by atoms with van der Waals surface area (Å²) in [7, 11) is 3.01. The molecule has 1 heterocycles. The van der Waals surface area contributed by atoms with Gasteiger partial charge in [0.2, 0.25) is 0 Å². The number of nitrogens with zero attached hydrogens (tertiary/aromatic N) is 2. The van der Waals surface area contributed by atoms with E-state index in [1.54, 1.807) is 35.2 Å². The molecule has 1 aliphatic heterocycles. The van der Waals surface area contributed by atoms with E-state index in [1.165, 1.54) is 14.2 Å². The number of carbonyl (C=O) groups excluding carboxylic acids is 2. The number of carbonyl (C=O) groups is 2. The quantitative estimate of drug-likeness (QED) is 0.296. The maximum atomic E-state index is 13.2. The first kappa shape index (κ1) is 26.1. The van der Waals surface area contributed by atoms with Crippen molar-refractivity contribution < 1.29 is 28.9 Å². The Kier molecular flexibility index (Phi) is 8.76. The van der Waals surface area contributed by atoms with Gasteiger partial charge in [0.25, 0.3) is 11.7 Å². The molecule has 1 fully saturated rings. The van der Waals surface area contributed by atoms with Crippen LogP contribution in [0.4, 0.5) is 0 Å². The minimum absolute atomic E-state index is 0.0472. The molecule has 8 nitrogen and oxygen atoms in total. The summed E-state index contributed by atoms with van der Waals surface area (Å²) in [5.41, 5.74) is 1.13. The third-order valence-corrected chi connectivity index (χ3v) is 6.26. The van der Waals surface area contributed by atoms with Gasteiger partial charge in [-0.2, -0.15) is 0 Å². The zero-order valence-electron chi connectivity index (χ0n) is 21.0. The van der Waals surface area contributed by atoms with Gasteiger partial charge >= 0.3 is 0 Å². The monoisotopic (exact) mass is 482 g/mol. The molecule has 1 amide bonds. The predicted octanol–water partition coefficient (Wildman–Crippen LogP) is 3.87. The molecule has 1 unspecified atom stereocenters. The minimum atomic E-state index is -0.727. The van der Waals surface area contributed by atoms with Crippen LogP contribution < -0.4 is 14.2 Å². The molecule has 0 bridgehead atoms. The third-order valence-electron chi connectivity index (χ3n) is 6.26. The summed E-state index contributed by atoms with van der Waals surface area (Å²) in [4.78, 5) is 30.1. The van der Waals surface area contributed by atoms with Gasteiger partial charge in [-0.15, -0.1) is 0 Å². The number of methoxy groups -OCH3 is 2. The SMILES string of the molecule is CCOc1ccc(C2C(=C(O)c3ccc(OC)c(OC)c3)C(=O)C(=O)N2CCN(CC)CC)cc1. The first-order valence-electron chi connectivity index (χ1n) is 11.9. The molecule has 0 aromatic heterocycles. The number of likely N-dealkylation sites (N-methyl/N-ethyl adjacent to an activating group) is 1. The Morgan fingerprint density at radius 3 is 2.20 bits per heavy atom. The molecule has 2 aromatic rings. The molecule has 0 saturated carbocycles. The van der Waals surface area contributed by atoms with Crippen LogP contribution in [0.5, 0.6) is 17.2 Å². The van der Waals surface area contributed by atoms with Crippen molar-refractivity contribution in [3.63, 3.8) is 0 Å². The summed E-state index contributed by atoms with van der Waals surface area (Å²) in [6.45, 7) is 9.17. The molecule has 1 aliphatic rings. The van der Waals surface area contributed by atoms with Crippen molar-refractivity contribution in [3.8, 4) is 17.2 Å². The van der Waals surface area contributed by atoms with Gasteiger partial charge in [0.1, 0.15) is 11.5 Å². The second-order valence-electron chi connectivity index (χ2n) is 8.09. The van der Waals surface area contributed by atoms with Gasteiger partial charge in [0, 0.05) is 18.7 Å². The Hall–Kier alpha value is -3.52. The Morgan fingerprint density at radius 2 is 1.63 bits per heavy atom. The van der Waals surface area contributed by atoms with Crippen LogP contribution in [0.15, 0.2) is 48.0 Å². The molecule has 188 valence electrons. The van der Waals surface area contributed by atoms with Gasteiger partial charge in [-0.3, -0.25) is 9.59 Å². The van der Waals surface area contributed by atoms with E-state index in [9.17, 15) is 14.7 Å². The fourth-order valence-electron chi connectivity index (χ4n) is 4.30. The summed E-state index contributed by atoms with van der Waals surface area (Å²) in [6.07, 6.45) is 0. The standard InChI is InChI=1S/C27H34N2O6/c1-6-28(7-2)15-16-29-24(18-9-12-20(13-10-18)35-8-3)23(26(31)27(29)32)25(30)19-11-14-21(33-4)22(17-19)34-5/h9-14,17,24,30H,6-8,15-16H2,1-5H3. The highest BCUT2D eigenvalue weighted by atomic mass is 16.5. The summed E-state index contributed by atoms with van der Waals surface area (Å²) in [5.74, 6) is -0.00439. The number of ether oxygens (including phenoxy) is 3. The average molecular weight is 483 g/mol. The van der Waals surface area contributed by atoms with E-state index in [0.29, 0.717) is 48.1 Å². The van der Waals surface area contributed by atoms with E-state index in [4.69, 9.17) is 14.2 Å². The lowest BCUT2D eigenvalue weighted by Crippen LogP contribution is -2.38. The molecular weight excluding hydrogens is 448 g/mol. The topological polar surface area (TPSA) is 88.5 Å². The van der Waals surface area contributed by atoms with Gasteiger partial charge in [0.15, 0.2) is 11.5 Å². The molecule has 1 atom stereocenters. The molecule has 0 spiro atoms. The number of amides is 1. The highest BCUT2D eigenvalue weighted by molar-refractivity contribution is 6.46. The van der Waals surface area contributed by atoms with Gasteiger partial charge in [-0.25, -0.2) is 0 Å². The van der Waals surface area contributed by atoms with E-state index >= 15 is 0 Å². The Labute approximate surface area is 206 Å². The maximum absolute atomic E-state index is 13.2. The fraction of sp³-hybridized carbons (Fsp3) is 0.407. The van der Waals surface area contributed by atoms with Crippen LogP contribution in [0, 0.1) is 0 Å². The molecule has 1 N–H and O–H groups in total. The van der Waals surface area contributed by atoms with E-state index in [2.05, 4.69) is 18.7 Å². The highest BCUT2D eigenvalue weighted by Gasteiger charge is 2.46. The van der Waals surface area contributed by atoms with Crippen LogP contribution in [-0.4, -0.2) is 73.6 Å². The third kappa shape index (κ3) is 5.43. The molecule has 0 aliphatic carbocycles. The van der Waals surface area contributed by atoms with Crippen molar-refractivity contribution in [2.45, 2.75) is 26.8 Å². The van der Waals surface area contributed by atoms with E-state index in [-0.39, 0.29) is 11.3 Å². The van der Waals surface area contributed by atoms with Crippen LogP contribution in [0.1, 0.15) is 37.9 Å². The Balaban J connectivity index is 2.11. The first-order chi connectivity index (χ1) is 16.9. The zero-order valence-corrected chi connectivity index (χ0v) is 21.0. The van der Waals surface area contributed by atoms with Gasteiger partial charge in [0.05, 0.1) is 32.4 Å². The molecule has 3 rings (SSSR count). The van der Waals surface area contributed by atoms with Crippen molar-refractivity contribution >= 4 is 17.4 Å². The number of aliphatic hydroxyl groups is 1. The fourth-order valence-corrected chi connectivity index (χ4v) is 4.30. The second kappa shape index (κ2) is 11.8. The minimum Gasteiger partial charge on any atom is -0.507 e. The molecule has 1 saturated heterocycles. The van der Waals surface area contributed by atoms with Crippen molar-refractivity contribution in [2.24, 2.45) is 0 Å². The number of rotatable bonds is 11. The molecule has 35 heavy (non-hydrogen) atoms. The average Bonchev–Trinajstić information content (AvgIpc) is 3.14. The van der Waals surface area contributed by atoms with Crippen molar-refractivity contribution in [1.29, 1.82) is 0 Å². The smallest absolute Gasteiger partial charge is 0.295 e. The van der Waals surface area contributed by atoms with Crippen LogP contribution in [0.25, 0.3) is 5.76 Å². The number of likely N-dealkylation sites (tertiary alicyclic amines) is 1. The number of hydrogen-bond donors (Lipinski definition) is 1. The van der Waals surface area contributed by atoms with Gasteiger partial charge in [-0.1, -0.05) is 26.0 Å². The Bertz CT molecular complexity index is 1080. The summed E-state index contributed by atoms with van der Waals surface area (Å²) in [6, 6.07) is 11.4. The molecule has 0 radical (unpaired) electrons. The Morgan fingerprint density at radius 1 is 0.971 bits per heavy atom. The van der Waals surface area contributed by atoms with Crippen LogP contribution >= 0.6 is 0 Å². The van der Waals surface area contributed by atoms with Crippen LogP contribution in [0.3, 0.4) is 0 Å². The van der Waals surface area contributed by atoms with E-state index < -0.39 is 17.7 Å². The van der Waals surface area contributed by atoms with Gasteiger partial charge in [-0.05, 0) is 55.9 Å². The van der Waals surface area contributed by atoms with Crippen LogP contribution in [-0.2, 0) is 9.59 Å². The summed E-state index contributed by atoms with van der Waals surface area (Å²) < 4.78 is 16.2. The van der Waals surface area contributed by atoms with Crippen molar-refractivity contribution in [3.05, 3.63) is 59.2 Å². The summed E-state index contributed by atoms with van der Waals surface area (Å²) >= 11 is 0. The van der Waals surface area contributed by atoms with Crippen molar-refractivity contribution in [2.75, 3.05) is 47.0 Å². The molecule has 8 heteroatoms. The zero-order chi connectivity index (χ0) is 25.5. The first-order valence-corrected chi connectivity index (χ1v) is 11.9. The molecule has 2 aromatic carbocycles. The largest absolute Gasteiger partial charge is 0.507 e. The second-order valence-corrected chi connectivity index (χ2v) is 8.09. The lowest BCUT2D eigenvalue weighted by Gasteiger charge is -2.28. The molecular formula is C27H34N2O6. The lowest BCUT2D eigenvalue weighted by molar-refractivity contribution is -0.140. The predicted molar refractivity (Wildman–Crippen MR) is 134 cm³/mol. The lowest BCUT2D eigenvalue weighted by atomic mass is 9.95. The van der Waals surface area contributed by atoms with Gasteiger partial charge < -0.3 is 29.1 Å². The number of hydrogen-bond acceptors (Lipinski definition) is 7. The number of Topliss-reactive ketones (excluding diaryl/α,β-unsaturated/α-hetero) is 1. The van der Waals surface area contributed by atoms with E-state index in [1.807, 2.05) is 19.1 Å². The maximum Gasteiger partial charge on any atom is 0.295 e. The van der Waals surface area contributed by atoms with E-state index in [0.717, 1.165) is 13.1 Å². The van der Waals surface area contributed by atoms with Crippen molar-refractivity contribution in [1.82, 2.24) is 9.80 Å².